The summed E-state index contributed by atoms with van der Waals surface area (Å²) in [6.07, 6.45) is 35.8. The van der Waals surface area contributed by atoms with Gasteiger partial charge in [0, 0.05) is 10.8 Å². The highest BCUT2D eigenvalue weighted by Crippen LogP contribution is 2.58. The molecular formula is C104H114. The molecule has 0 atom stereocenters. The summed E-state index contributed by atoms with van der Waals surface area (Å²) >= 11 is 0. The van der Waals surface area contributed by atoms with E-state index in [0.29, 0.717) is 0 Å². The number of hydrogen-bond acceptors (Lipinski definition) is 0. The average Bonchev–Trinajstić information content (AvgIpc) is 1.56. The van der Waals surface area contributed by atoms with E-state index < -0.39 is 0 Å². The van der Waals surface area contributed by atoms with Gasteiger partial charge in [-0.15, -0.1) is 0 Å². The standard InChI is InChI=1S/C104H114/c1-7-11-15-19-23-32-60-103(61-33-24-20-16-12-8-2)99-64-76(6)48-56-95(99)96-57-53-82(72-100(96)103)87-68-88(71-90(70-87)89-67-85(77-38-28-27-29-39-77)66-86(69-89)81-52-51-78-40-30-31-41-80(78)65-81)83-54-58-97-98-59-55-84(92-43-37-44-93-91(42-36-45-94(92)93)79-49-46-75(5)47-50-79)74-102(98)104(101(97)73-83,62-34-25-21-17-13-9-3)63-35-26-22-18-14-10-4/h27-31,36-59,64-74H,7-26,32-35,60-63H2,1-6H3. The second-order valence-corrected chi connectivity index (χ2v) is 31.7. The number of rotatable bonds is 35. The third-order valence-corrected chi connectivity index (χ3v) is 24.4. The maximum Gasteiger partial charge on any atom is 0.0215 e. The van der Waals surface area contributed by atoms with Crippen molar-refractivity contribution in [1.82, 2.24) is 0 Å². The van der Waals surface area contributed by atoms with Crippen LogP contribution in [0.5, 0.6) is 0 Å². The van der Waals surface area contributed by atoms with E-state index >= 15 is 0 Å². The second kappa shape index (κ2) is 33.9. The Morgan fingerprint density at radius 2 is 0.519 bits per heavy atom. The van der Waals surface area contributed by atoms with Gasteiger partial charge < -0.3 is 0 Å². The van der Waals surface area contributed by atoms with Crippen molar-refractivity contribution in [3.63, 3.8) is 0 Å². The topological polar surface area (TPSA) is 0 Å². The molecule has 0 heterocycles. The van der Waals surface area contributed by atoms with Gasteiger partial charge in [0.05, 0.1) is 0 Å². The Morgan fingerprint density at radius 1 is 0.192 bits per heavy atom. The van der Waals surface area contributed by atoms with Crippen molar-refractivity contribution in [1.29, 1.82) is 0 Å². The number of hydrogen-bond donors (Lipinski definition) is 0. The fourth-order valence-corrected chi connectivity index (χ4v) is 18.6. The van der Waals surface area contributed by atoms with Crippen LogP contribution < -0.4 is 0 Å². The smallest absolute Gasteiger partial charge is 0.0215 e. The summed E-state index contributed by atoms with van der Waals surface area (Å²) in [5.41, 5.74) is 32.3. The summed E-state index contributed by atoms with van der Waals surface area (Å²) in [6.45, 7) is 13.9. The Hall–Kier alpha value is -8.84. The summed E-state index contributed by atoms with van der Waals surface area (Å²) < 4.78 is 0. The highest BCUT2D eigenvalue weighted by Gasteiger charge is 2.44. The van der Waals surface area contributed by atoms with Crippen molar-refractivity contribution in [2.24, 2.45) is 0 Å². The molecule has 0 spiro atoms. The molecule has 530 valence electrons. The molecule has 0 saturated carbocycles. The first-order valence-corrected chi connectivity index (χ1v) is 41.2. The molecule has 0 nitrogen and oxygen atoms in total. The third-order valence-electron chi connectivity index (χ3n) is 24.4. The Morgan fingerprint density at radius 3 is 0.981 bits per heavy atom. The minimum Gasteiger partial charge on any atom is -0.0654 e. The molecule has 0 unspecified atom stereocenters. The summed E-state index contributed by atoms with van der Waals surface area (Å²) in [5.74, 6) is 0. The van der Waals surface area contributed by atoms with Gasteiger partial charge in [-0.2, -0.15) is 0 Å². The van der Waals surface area contributed by atoms with Crippen molar-refractivity contribution >= 4 is 21.5 Å². The molecule has 0 fully saturated rings. The lowest BCUT2D eigenvalue weighted by Gasteiger charge is -2.33. The first-order chi connectivity index (χ1) is 51.2. The van der Waals surface area contributed by atoms with E-state index in [9.17, 15) is 0 Å². The number of fused-ring (bicyclic) bond motifs is 8. The molecule has 104 heavy (non-hydrogen) atoms. The van der Waals surface area contributed by atoms with Crippen LogP contribution in [0, 0.1) is 13.8 Å². The lowest BCUT2D eigenvalue weighted by molar-refractivity contribution is 0.398. The van der Waals surface area contributed by atoms with Gasteiger partial charge in [-0.25, -0.2) is 0 Å². The lowest BCUT2D eigenvalue weighted by Crippen LogP contribution is -2.25. The molecular weight excluding hydrogens is 1250 g/mol. The van der Waals surface area contributed by atoms with Gasteiger partial charge in [-0.1, -0.05) is 375 Å². The molecule has 12 aromatic rings. The minimum absolute atomic E-state index is 0.0381. The molecule has 0 radical (unpaired) electrons. The predicted octanol–water partition coefficient (Wildman–Crippen LogP) is 31.8. The number of unbranched alkanes of at least 4 members (excludes halogenated alkanes) is 20. The zero-order valence-corrected chi connectivity index (χ0v) is 63.9. The Bertz CT molecular complexity index is 4840. The molecule has 0 amide bonds. The summed E-state index contributed by atoms with van der Waals surface area (Å²) in [6, 6.07) is 96.0. The highest BCUT2D eigenvalue weighted by atomic mass is 14.5. The monoisotopic (exact) mass is 1360 g/mol. The van der Waals surface area contributed by atoms with Crippen molar-refractivity contribution < 1.29 is 0 Å². The van der Waals surface area contributed by atoms with Crippen LogP contribution in [0.2, 0.25) is 0 Å². The maximum atomic E-state index is 2.73. The summed E-state index contributed by atoms with van der Waals surface area (Å²) in [5, 5.41) is 5.16. The van der Waals surface area contributed by atoms with E-state index in [0.717, 1.165) is 12.8 Å². The van der Waals surface area contributed by atoms with Crippen molar-refractivity contribution in [3.8, 4) is 100 Å². The van der Waals surface area contributed by atoms with E-state index in [-0.39, 0.29) is 10.8 Å². The summed E-state index contributed by atoms with van der Waals surface area (Å²) in [4.78, 5) is 0. The van der Waals surface area contributed by atoms with Gasteiger partial charge >= 0.3 is 0 Å². The quantitative estimate of drug-likeness (QED) is 0.0347. The van der Waals surface area contributed by atoms with E-state index in [1.807, 2.05) is 0 Å². The van der Waals surface area contributed by atoms with Gasteiger partial charge in [0.15, 0.2) is 0 Å². The molecule has 2 aliphatic rings. The lowest BCUT2D eigenvalue weighted by atomic mass is 9.69. The van der Waals surface area contributed by atoms with Crippen LogP contribution in [0.1, 0.15) is 241 Å². The van der Waals surface area contributed by atoms with Gasteiger partial charge in [-0.05, 0) is 244 Å². The Balaban J connectivity index is 0.954. The number of aryl methyl sites for hydroxylation is 2. The van der Waals surface area contributed by atoms with E-state index in [2.05, 4.69) is 284 Å². The third kappa shape index (κ3) is 15.6. The molecule has 14 rings (SSSR count). The SMILES string of the molecule is CCCCCCCCC1(CCCCCCCC)c2cc(C)ccc2-c2ccc(-c3cc(-c4cc(-c5ccccc5)cc(-c5ccc6ccccc6c5)c4)cc(-c4ccc5c(c4)C(CCCCCCCC)(CCCCCCCC)c4cc(-c6cccc7c(-c8ccc(C)cc8)cccc67)ccc4-5)c3)cc21. The molecule has 0 aromatic heterocycles. The van der Waals surface area contributed by atoms with Crippen LogP contribution >= 0.6 is 0 Å². The van der Waals surface area contributed by atoms with E-state index in [4.69, 9.17) is 0 Å². The molecule has 2 aliphatic carbocycles. The van der Waals surface area contributed by atoms with Gasteiger partial charge in [0.25, 0.3) is 0 Å². The number of benzene rings is 12. The second-order valence-electron chi connectivity index (χ2n) is 31.7. The zero-order valence-electron chi connectivity index (χ0n) is 63.9. The largest absolute Gasteiger partial charge is 0.0654 e. The van der Waals surface area contributed by atoms with E-state index in [1.165, 1.54) is 300 Å². The first kappa shape index (κ1) is 72.1. The normalized spacial score (nSPS) is 13.2. The van der Waals surface area contributed by atoms with E-state index in [1.54, 1.807) is 22.3 Å². The van der Waals surface area contributed by atoms with Crippen LogP contribution in [0.4, 0.5) is 0 Å². The van der Waals surface area contributed by atoms with Crippen LogP contribution in [0.15, 0.2) is 243 Å². The van der Waals surface area contributed by atoms with Crippen molar-refractivity contribution in [3.05, 3.63) is 276 Å². The first-order valence-electron chi connectivity index (χ1n) is 41.2. The minimum atomic E-state index is -0.147. The average molecular weight is 1360 g/mol. The van der Waals surface area contributed by atoms with Crippen LogP contribution in [-0.4, -0.2) is 0 Å². The van der Waals surface area contributed by atoms with Crippen molar-refractivity contribution in [2.45, 2.75) is 232 Å². The predicted molar refractivity (Wildman–Crippen MR) is 453 cm³/mol. The Labute approximate surface area is 625 Å². The highest BCUT2D eigenvalue weighted by molar-refractivity contribution is 6.05. The van der Waals surface area contributed by atoms with Gasteiger partial charge in [0.2, 0.25) is 0 Å². The van der Waals surface area contributed by atoms with Crippen molar-refractivity contribution in [2.75, 3.05) is 0 Å². The molecule has 0 heteroatoms. The van der Waals surface area contributed by atoms with Crippen LogP contribution in [-0.2, 0) is 10.8 Å². The molecule has 0 aliphatic heterocycles. The van der Waals surface area contributed by atoms with Gasteiger partial charge in [-0.3, -0.25) is 0 Å². The molecule has 0 saturated heterocycles. The maximum absolute atomic E-state index is 2.73. The molecule has 0 N–H and O–H groups in total. The van der Waals surface area contributed by atoms with Crippen LogP contribution in [0.25, 0.3) is 122 Å². The Kier molecular flexibility index (Phi) is 23.5. The van der Waals surface area contributed by atoms with Gasteiger partial charge in [0.1, 0.15) is 0 Å². The zero-order chi connectivity index (χ0) is 71.2. The molecule has 0 bridgehead atoms. The summed E-state index contributed by atoms with van der Waals surface area (Å²) in [7, 11) is 0. The molecule has 12 aromatic carbocycles. The fraction of sp³-hybridized carbons (Fsp3) is 0.346. The fourth-order valence-electron chi connectivity index (χ4n) is 18.6. The van der Waals surface area contributed by atoms with Crippen LogP contribution in [0.3, 0.4) is 0 Å².